The van der Waals surface area contributed by atoms with Gasteiger partial charge in [-0.2, -0.15) is 0 Å². The maximum atomic E-state index is 12.1. The summed E-state index contributed by atoms with van der Waals surface area (Å²) in [6.07, 6.45) is 0. The monoisotopic (exact) mass is 306 g/mol. The van der Waals surface area contributed by atoms with Crippen molar-refractivity contribution in [3.8, 4) is 5.75 Å². The van der Waals surface area contributed by atoms with Crippen LogP contribution in [0.1, 0.15) is 16.1 Å². The first-order valence-electron chi connectivity index (χ1n) is 6.18. The van der Waals surface area contributed by atoms with E-state index in [0.29, 0.717) is 12.4 Å². The third-order valence-corrected chi connectivity index (χ3v) is 3.13. The topological polar surface area (TPSA) is 89.3 Å². The number of amides is 1. The molecular weight excluding hydrogens is 292 g/mol. The molecule has 0 saturated heterocycles. The van der Waals surface area contributed by atoms with Crippen LogP contribution in [-0.4, -0.2) is 18.0 Å². The molecule has 1 heterocycles. The number of nitrogens with two attached hydrogens (primary N) is 1. The first-order valence-corrected chi connectivity index (χ1v) is 6.56. The Morgan fingerprint density at radius 1 is 1.29 bits per heavy atom. The van der Waals surface area contributed by atoms with Gasteiger partial charge >= 0.3 is 0 Å². The maximum Gasteiger partial charge on any atom is 0.271 e. The van der Waals surface area contributed by atoms with Gasteiger partial charge in [0.25, 0.3) is 5.91 Å². The van der Waals surface area contributed by atoms with Crippen molar-refractivity contribution in [1.29, 1.82) is 0 Å². The molecular formula is C14H15ClN4O2. The number of hydrogen-bond acceptors (Lipinski definition) is 5. The molecule has 6 nitrogen and oxygen atoms in total. The van der Waals surface area contributed by atoms with Crippen molar-refractivity contribution in [3.63, 3.8) is 0 Å². The van der Waals surface area contributed by atoms with Crippen LogP contribution in [0, 0.1) is 0 Å². The molecule has 1 aromatic carbocycles. The summed E-state index contributed by atoms with van der Waals surface area (Å²) in [6, 6.07) is 10.5. The predicted octanol–water partition coefficient (Wildman–Crippen LogP) is 1.96. The van der Waals surface area contributed by atoms with Gasteiger partial charge in [0.15, 0.2) is 0 Å². The molecule has 0 aliphatic heterocycles. The molecule has 110 valence electrons. The standard InChI is InChI=1S/C14H15ClN4O2/c1-21-10-4-2-9(3-5-10)8-17-14(20)13-11(15)6-7-12(18-13)19-16/h2-7H,8,16H2,1H3,(H,17,20)(H,18,19). The van der Waals surface area contributed by atoms with Gasteiger partial charge in [-0.15, -0.1) is 0 Å². The normalized spacial score (nSPS) is 10.0. The second-order valence-corrected chi connectivity index (χ2v) is 4.61. The number of carbonyl (C=O) groups excluding carboxylic acids is 1. The van der Waals surface area contributed by atoms with Crippen molar-refractivity contribution >= 4 is 23.3 Å². The number of halogens is 1. The Hall–Kier alpha value is -2.31. The van der Waals surface area contributed by atoms with Crippen molar-refractivity contribution in [2.75, 3.05) is 12.5 Å². The number of hydrogen-bond donors (Lipinski definition) is 3. The van der Waals surface area contributed by atoms with Crippen molar-refractivity contribution in [2.24, 2.45) is 5.84 Å². The van der Waals surface area contributed by atoms with E-state index in [4.69, 9.17) is 22.2 Å². The highest BCUT2D eigenvalue weighted by molar-refractivity contribution is 6.33. The van der Waals surface area contributed by atoms with Gasteiger partial charge in [0, 0.05) is 6.54 Å². The molecule has 0 bridgehead atoms. The molecule has 7 heteroatoms. The highest BCUT2D eigenvalue weighted by Crippen LogP contribution is 2.16. The third kappa shape index (κ3) is 3.84. The lowest BCUT2D eigenvalue weighted by Gasteiger charge is -2.08. The summed E-state index contributed by atoms with van der Waals surface area (Å²) in [4.78, 5) is 16.1. The molecule has 0 spiro atoms. The van der Waals surface area contributed by atoms with Gasteiger partial charge in [0.1, 0.15) is 17.3 Å². The minimum absolute atomic E-state index is 0.126. The fourth-order valence-electron chi connectivity index (χ4n) is 1.69. The van der Waals surface area contributed by atoms with E-state index in [1.807, 2.05) is 24.3 Å². The second kappa shape index (κ2) is 6.92. The number of nitrogen functional groups attached to an aromatic ring is 1. The van der Waals surface area contributed by atoms with Gasteiger partial charge in [-0.25, -0.2) is 10.8 Å². The van der Waals surface area contributed by atoms with Gasteiger partial charge in [0.2, 0.25) is 0 Å². The Balaban J connectivity index is 2.04. The summed E-state index contributed by atoms with van der Waals surface area (Å²) in [7, 11) is 1.60. The summed E-state index contributed by atoms with van der Waals surface area (Å²) >= 11 is 5.96. The van der Waals surface area contributed by atoms with Gasteiger partial charge < -0.3 is 15.5 Å². The Morgan fingerprint density at radius 3 is 2.62 bits per heavy atom. The second-order valence-electron chi connectivity index (χ2n) is 4.20. The highest BCUT2D eigenvalue weighted by atomic mass is 35.5. The first-order chi connectivity index (χ1) is 10.1. The van der Waals surface area contributed by atoms with E-state index in [9.17, 15) is 4.79 Å². The molecule has 0 aliphatic rings. The molecule has 1 amide bonds. The number of nitrogens with one attached hydrogen (secondary N) is 2. The molecule has 0 fully saturated rings. The van der Waals surface area contributed by atoms with Crippen LogP contribution in [0.3, 0.4) is 0 Å². The number of hydrazine groups is 1. The number of methoxy groups -OCH3 is 1. The number of pyridine rings is 1. The molecule has 2 rings (SSSR count). The van der Waals surface area contributed by atoms with E-state index in [-0.39, 0.29) is 16.6 Å². The van der Waals surface area contributed by atoms with Crippen LogP contribution >= 0.6 is 11.6 Å². The number of anilines is 1. The zero-order valence-electron chi connectivity index (χ0n) is 11.4. The van der Waals surface area contributed by atoms with Crippen LogP contribution in [0.4, 0.5) is 5.82 Å². The molecule has 2 aromatic rings. The molecule has 0 aliphatic carbocycles. The van der Waals surface area contributed by atoms with Crippen LogP contribution in [0.15, 0.2) is 36.4 Å². The summed E-state index contributed by atoms with van der Waals surface area (Å²) in [5, 5.41) is 3.01. The Labute approximate surface area is 127 Å². The van der Waals surface area contributed by atoms with E-state index in [1.165, 1.54) is 0 Å². The van der Waals surface area contributed by atoms with Gasteiger partial charge in [-0.3, -0.25) is 4.79 Å². The average Bonchev–Trinajstić information content (AvgIpc) is 2.53. The van der Waals surface area contributed by atoms with Gasteiger partial charge in [-0.05, 0) is 29.8 Å². The van der Waals surface area contributed by atoms with Gasteiger partial charge in [0.05, 0.1) is 12.1 Å². The molecule has 4 N–H and O–H groups in total. The van der Waals surface area contributed by atoms with E-state index in [1.54, 1.807) is 19.2 Å². The van der Waals surface area contributed by atoms with Crippen LogP contribution in [-0.2, 0) is 6.54 Å². The summed E-state index contributed by atoms with van der Waals surface area (Å²) in [5.41, 5.74) is 3.44. The maximum absolute atomic E-state index is 12.1. The largest absolute Gasteiger partial charge is 0.497 e. The van der Waals surface area contributed by atoms with E-state index in [0.717, 1.165) is 11.3 Å². The zero-order chi connectivity index (χ0) is 15.2. The lowest BCUT2D eigenvalue weighted by molar-refractivity contribution is 0.0946. The van der Waals surface area contributed by atoms with Crippen LogP contribution < -0.4 is 21.3 Å². The predicted molar refractivity (Wildman–Crippen MR) is 81.2 cm³/mol. The summed E-state index contributed by atoms with van der Waals surface area (Å²) in [5.74, 6) is 6.02. The quantitative estimate of drug-likeness (QED) is 0.580. The summed E-state index contributed by atoms with van der Waals surface area (Å²) < 4.78 is 5.07. The number of rotatable bonds is 5. The van der Waals surface area contributed by atoms with E-state index < -0.39 is 0 Å². The lowest BCUT2D eigenvalue weighted by Crippen LogP contribution is -2.24. The minimum atomic E-state index is -0.368. The molecule has 0 saturated carbocycles. The number of aromatic nitrogens is 1. The fraction of sp³-hybridized carbons (Fsp3) is 0.143. The molecule has 21 heavy (non-hydrogen) atoms. The molecule has 0 atom stereocenters. The van der Waals surface area contributed by atoms with Crippen LogP contribution in [0.2, 0.25) is 5.02 Å². The Morgan fingerprint density at radius 2 is 2.00 bits per heavy atom. The number of nitrogens with zero attached hydrogens (tertiary/aromatic N) is 1. The SMILES string of the molecule is COc1ccc(CNC(=O)c2nc(NN)ccc2Cl)cc1. The first kappa shape index (κ1) is 15.1. The number of benzene rings is 1. The number of ether oxygens (including phenoxy) is 1. The van der Waals surface area contributed by atoms with Gasteiger partial charge in [-0.1, -0.05) is 23.7 Å². The number of carbonyl (C=O) groups is 1. The van der Waals surface area contributed by atoms with Crippen molar-refractivity contribution in [2.45, 2.75) is 6.54 Å². The van der Waals surface area contributed by atoms with E-state index in [2.05, 4.69) is 15.7 Å². The zero-order valence-corrected chi connectivity index (χ0v) is 12.1. The molecule has 1 aromatic heterocycles. The third-order valence-electron chi connectivity index (χ3n) is 2.82. The molecule has 0 unspecified atom stereocenters. The Kier molecular flexibility index (Phi) is 4.97. The van der Waals surface area contributed by atoms with Crippen molar-refractivity contribution in [1.82, 2.24) is 10.3 Å². The summed E-state index contributed by atoms with van der Waals surface area (Å²) in [6.45, 7) is 0.362. The smallest absolute Gasteiger partial charge is 0.271 e. The Bertz CT molecular complexity index is 631. The fourth-order valence-corrected chi connectivity index (χ4v) is 1.88. The van der Waals surface area contributed by atoms with Crippen molar-refractivity contribution in [3.05, 3.63) is 52.7 Å². The average molecular weight is 307 g/mol. The van der Waals surface area contributed by atoms with Crippen LogP contribution in [0.25, 0.3) is 0 Å². The lowest BCUT2D eigenvalue weighted by atomic mass is 10.2. The van der Waals surface area contributed by atoms with E-state index >= 15 is 0 Å². The molecule has 0 radical (unpaired) electrons. The minimum Gasteiger partial charge on any atom is -0.497 e. The highest BCUT2D eigenvalue weighted by Gasteiger charge is 2.12. The van der Waals surface area contributed by atoms with Crippen LogP contribution in [0.5, 0.6) is 5.75 Å². The van der Waals surface area contributed by atoms with Crippen molar-refractivity contribution < 1.29 is 9.53 Å².